The van der Waals surface area contributed by atoms with Crippen LogP contribution in [0.1, 0.15) is 26.2 Å². The Morgan fingerprint density at radius 1 is 1.19 bits per heavy atom. The highest BCUT2D eigenvalue weighted by molar-refractivity contribution is 7.92. The topological polar surface area (TPSA) is 89.4 Å². The second-order valence-electron chi connectivity index (χ2n) is 7.69. The number of ether oxygens (including phenoxy) is 1. The highest BCUT2D eigenvalue weighted by Crippen LogP contribution is 2.20. The van der Waals surface area contributed by atoms with E-state index >= 15 is 0 Å². The molecule has 1 saturated heterocycles. The summed E-state index contributed by atoms with van der Waals surface area (Å²) in [5, 5.41) is 4.25. The van der Waals surface area contributed by atoms with Crippen LogP contribution >= 0.6 is 0 Å². The van der Waals surface area contributed by atoms with Crippen LogP contribution in [0.3, 0.4) is 0 Å². The lowest BCUT2D eigenvalue weighted by Gasteiger charge is -2.20. The number of benzene rings is 1. The van der Waals surface area contributed by atoms with Crippen LogP contribution < -0.4 is 9.46 Å². The van der Waals surface area contributed by atoms with Gasteiger partial charge in [0.05, 0.1) is 30.4 Å². The van der Waals surface area contributed by atoms with E-state index in [2.05, 4.69) is 26.6 Å². The highest BCUT2D eigenvalue weighted by Gasteiger charge is 2.19. The molecule has 0 aliphatic carbocycles. The summed E-state index contributed by atoms with van der Waals surface area (Å²) in [4.78, 5) is 6.47. The van der Waals surface area contributed by atoms with Crippen LogP contribution in [0.15, 0.2) is 66.1 Å². The minimum Gasteiger partial charge on any atom is -0.494 e. The maximum atomic E-state index is 12.4. The average molecular weight is 442 g/mol. The number of likely N-dealkylation sites (tertiary alicyclic amines) is 1. The van der Waals surface area contributed by atoms with Gasteiger partial charge in [-0.2, -0.15) is 5.10 Å². The Labute approximate surface area is 182 Å². The lowest BCUT2D eigenvalue weighted by molar-refractivity contribution is 0.230. The molecule has 1 aliphatic heterocycles. The normalized spacial score (nSPS) is 17.0. The van der Waals surface area contributed by atoms with Gasteiger partial charge in [0, 0.05) is 25.0 Å². The van der Waals surface area contributed by atoms with Gasteiger partial charge < -0.3 is 9.64 Å². The Morgan fingerprint density at radius 2 is 2.03 bits per heavy atom. The van der Waals surface area contributed by atoms with Gasteiger partial charge in [-0.25, -0.2) is 13.1 Å². The van der Waals surface area contributed by atoms with E-state index in [0.29, 0.717) is 18.3 Å². The average Bonchev–Trinajstić information content (AvgIpc) is 3.41. The minimum absolute atomic E-state index is 0.100. The quantitative estimate of drug-likeness (QED) is 0.513. The van der Waals surface area contributed by atoms with Gasteiger partial charge in [0.15, 0.2) is 0 Å². The molecule has 8 nitrogen and oxygen atoms in total. The second-order valence-corrected chi connectivity index (χ2v) is 9.37. The molecule has 0 saturated carbocycles. The lowest BCUT2D eigenvalue weighted by Crippen LogP contribution is -2.28. The zero-order valence-electron chi connectivity index (χ0n) is 17.5. The predicted octanol–water partition coefficient (Wildman–Crippen LogP) is 3.32. The van der Waals surface area contributed by atoms with Crippen LogP contribution in [0, 0.1) is 0 Å². The molecule has 1 unspecified atom stereocenters. The van der Waals surface area contributed by atoms with Gasteiger partial charge >= 0.3 is 0 Å². The maximum Gasteiger partial charge on any atom is 0.263 e. The molecular formula is C22H27N5O3S. The van der Waals surface area contributed by atoms with Crippen molar-refractivity contribution in [2.45, 2.75) is 37.1 Å². The molecule has 0 bridgehead atoms. The number of anilines is 1. The summed E-state index contributed by atoms with van der Waals surface area (Å²) >= 11 is 0. The molecule has 3 aromatic rings. The fourth-order valence-corrected chi connectivity index (χ4v) is 4.71. The smallest absolute Gasteiger partial charge is 0.263 e. The predicted molar refractivity (Wildman–Crippen MR) is 119 cm³/mol. The Bertz CT molecular complexity index is 1080. The summed E-state index contributed by atoms with van der Waals surface area (Å²) in [7, 11) is -3.70. The van der Waals surface area contributed by atoms with E-state index < -0.39 is 10.0 Å². The first-order valence-electron chi connectivity index (χ1n) is 10.5. The first kappa shape index (κ1) is 21.3. The van der Waals surface area contributed by atoms with Crippen molar-refractivity contribution >= 4 is 15.7 Å². The molecule has 3 heterocycles. The number of rotatable bonds is 9. The number of nitrogens with one attached hydrogen (secondary N) is 1. The molecule has 0 amide bonds. The van der Waals surface area contributed by atoms with Gasteiger partial charge in [0.1, 0.15) is 10.6 Å². The zero-order valence-corrected chi connectivity index (χ0v) is 18.3. The van der Waals surface area contributed by atoms with E-state index in [4.69, 9.17) is 4.74 Å². The third-order valence-corrected chi connectivity index (χ3v) is 6.80. The first-order valence-corrected chi connectivity index (χ1v) is 11.9. The lowest BCUT2D eigenvalue weighted by atomic mass is 10.2. The minimum atomic E-state index is -3.70. The van der Waals surface area contributed by atoms with Crippen molar-refractivity contribution in [1.82, 2.24) is 19.7 Å². The standard InChI is InChI=1S/C22H27N5O3S/c1-18-5-3-12-26(18)13-4-14-30-21-9-7-20(8-10-21)27-17-19(15-24-27)25-31(28,29)22-6-2-11-23-16-22/h2,6-11,15-18,25H,3-5,12-14H2,1H3. The molecule has 1 atom stereocenters. The Kier molecular flexibility index (Phi) is 6.53. The molecule has 0 radical (unpaired) electrons. The van der Waals surface area contributed by atoms with E-state index in [-0.39, 0.29) is 4.90 Å². The van der Waals surface area contributed by atoms with Crippen molar-refractivity contribution in [3.05, 3.63) is 61.2 Å². The summed E-state index contributed by atoms with van der Waals surface area (Å²) in [6, 6.07) is 11.3. The number of hydrogen-bond acceptors (Lipinski definition) is 6. The van der Waals surface area contributed by atoms with Gasteiger partial charge in [-0.3, -0.25) is 9.71 Å². The molecule has 164 valence electrons. The molecule has 1 fully saturated rings. The SMILES string of the molecule is CC1CCCN1CCCOc1ccc(-n2cc(NS(=O)(=O)c3cccnc3)cn2)cc1. The molecule has 4 rings (SSSR count). The van der Waals surface area contributed by atoms with Crippen molar-refractivity contribution in [1.29, 1.82) is 0 Å². The third-order valence-electron chi connectivity index (χ3n) is 5.43. The van der Waals surface area contributed by atoms with Crippen LogP contribution in [0.5, 0.6) is 5.75 Å². The van der Waals surface area contributed by atoms with Crippen molar-refractivity contribution in [2.75, 3.05) is 24.4 Å². The Hall–Kier alpha value is -2.91. The number of nitrogens with zero attached hydrogens (tertiary/aromatic N) is 4. The van der Waals surface area contributed by atoms with Crippen LogP contribution in [0.25, 0.3) is 5.69 Å². The Balaban J connectivity index is 1.31. The van der Waals surface area contributed by atoms with E-state index in [0.717, 1.165) is 24.4 Å². The van der Waals surface area contributed by atoms with Gasteiger partial charge in [-0.15, -0.1) is 0 Å². The first-order chi connectivity index (χ1) is 15.0. The fourth-order valence-electron chi connectivity index (χ4n) is 3.71. The van der Waals surface area contributed by atoms with Crippen molar-refractivity contribution in [2.24, 2.45) is 0 Å². The Morgan fingerprint density at radius 3 is 2.74 bits per heavy atom. The van der Waals surface area contributed by atoms with E-state index in [9.17, 15) is 8.42 Å². The fraction of sp³-hybridized carbons (Fsp3) is 0.364. The molecule has 31 heavy (non-hydrogen) atoms. The molecule has 0 spiro atoms. The molecular weight excluding hydrogens is 414 g/mol. The highest BCUT2D eigenvalue weighted by atomic mass is 32.2. The summed E-state index contributed by atoms with van der Waals surface area (Å²) in [5.41, 5.74) is 1.19. The zero-order chi connectivity index (χ0) is 21.7. The van der Waals surface area contributed by atoms with E-state index in [1.165, 1.54) is 44.0 Å². The number of aromatic nitrogens is 3. The van der Waals surface area contributed by atoms with Crippen LogP contribution in [-0.2, 0) is 10.0 Å². The van der Waals surface area contributed by atoms with E-state index in [1.807, 2.05) is 24.3 Å². The largest absolute Gasteiger partial charge is 0.494 e. The molecule has 2 aromatic heterocycles. The number of pyridine rings is 1. The summed E-state index contributed by atoms with van der Waals surface area (Å²) in [6.45, 7) is 5.24. The molecule has 1 aromatic carbocycles. The maximum absolute atomic E-state index is 12.4. The van der Waals surface area contributed by atoms with Crippen molar-refractivity contribution < 1.29 is 13.2 Å². The number of hydrogen-bond donors (Lipinski definition) is 1. The summed E-state index contributed by atoms with van der Waals surface area (Å²) < 4.78 is 34.8. The molecule has 9 heteroatoms. The van der Waals surface area contributed by atoms with Gasteiger partial charge in [-0.05, 0) is 69.1 Å². The van der Waals surface area contributed by atoms with Crippen LogP contribution in [0.2, 0.25) is 0 Å². The summed E-state index contributed by atoms with van der Waals surface area (Å²) in [6.07, 6.45) is 9.52. The van der Waals surface area contributed by atoms with Crippen molar-refractivity contribution in [3.63, 3.8) is 0 Å². The second kappa shape index (κ2) is 9.49. The monoisotopic (exact) mass is 441 g/mol. The molecule has 1 N–H and O–H groups in total. The van der Waals surface area contributed by atoms with Gasteiger partial charge in [-0.1, -0.05) is 0 Å². The summed E-state index contributed by atoms with van der Waals surface area (Å²) in [5.74, 6) is 0.808. The van der Waals surface area contributed by atoms with Crippen molar-refractivity contribution in [3.8, 4) is 11.4 Å². The van der Waals surface area contributed by atoms with Crippen LogP contribution in [-0.4, -0.2) is 53.8 Å². The third kappa shape index (κ3) is 5.42. The van der Waals surface area contributed by atoms with Gasteiger partial charge in [0.25, 0.3) is 10.0 Å². The van der Waals surface area contributed by atoms with E-state index in [1.54, 1.807) is 16.9 Å². The number of sulfonamides is 1. The van der Waals surface area contributed by atoms with Gasteiger partial charge in [0.2, 0.25) is 0 Å². The van der Waals surface area contributed by atoms with Crippen LogP contribution in [0.4, 0.5) is 5.69 Å². The molecule has 1 aliphatic rings.